The van der Waals surface area contributed by atoms with E-state index in [9.17, 15) is 4.79 Å². The number of para-hydroxylation sites is 1. The molecule has 1 aliphatic heterocycles. The smallest absolute Gasteiger partial charge is 0.257 e. The zero-order chi connectivity index (χ0) is 18.7. The molecule has 0 aliphatic carbocycles. The number of benzene rings is 2. The van der Waals surface area contributed by atoms with Gasteiger partial charge in [0.2, 0.25) is 0 Å². The number of halogens is 1. The van der Waals surface area contributed by atoms with Gasteiger partial charge >= 0.3 is 0 Å². The Hall–Kier alpha value is -1.92. The number of carbonyl (C=O) groups is 1. The van der Waals surface area contributed by atoms with Crippen LogP contribution in [0.5, 0.6) is 5.75 Å². The minimum atomic E-state index is -0.226. The summed E-state index contributed by atoms with van der Waals surface area (Å²) in [6.45, 7) is 5.59. The molecule has 0 saturated carbocycles. The second-order valence-corrected chi connectivity index (χ2v) is 7.88. The third-order valence-corrected chi connectivity index (χ3v) is 5.06. The van der Waals surface area contributed by atoms with Crippen LogP contribution in [0.15, 0.2) is 46.9 Å². The van der Waals surface area contributed by atoms with E-state index in [0.29, 0.717) is 23.2 Å². The predicted octanol–water partition coefficient (Wildman–Crippen LogP) is 4.56. The minimum Gasteiger partial charge on any atom is -0.492 e. The summed E-state index contributed by atoms with van der Waals surface area (Å²) < 4.78 is 6.47. The lowest BCUT2D eigenvalue weighted by Gasteiger charge is -2.20. The lowest BCUT2D eigenvalue weighted by atomic mass is 10.2. The molecule has 0 fully saturated rings. The van der Waals surface area contributed by atoms with Gasteiger partial charge in [0.15, 0.2) is 5.11 Å². The van der Waals surface area contributed by atoms with E-state index < -0.39 is 0 Å². The van der Waals surface area contributed by atoms with Gasteiger partial charge in [-0.15, -0.1) is 0 Å². The Morgan fingerprint density at radius 2 is 2.08 bits per heavy atom. The van der Waals surface area contributed by atoms with Gasteiger partial charge in [0.25, 0.3) is 5.91 Å². The number of anilines is 1. The van der Waals surface area contributed by atoms with Crippen molar-refractivity contribution in [2.75, 3.05) is 18.1 Å². The fourth-order valence-electron chi connectivity index (χ4n) is 2.80. The maximum absolute atomic E-state index is 12.6. The molecule has 0 unspecified atom stereocenters. The Bertz CT molecular complexity index is 838. The van der Waals surface area contributed by atoms with E-state index in [2.05, 4.69) is 41.2 Å². The summed E-state index contributed by atoms with van der Waals surface area (Å²) in [4.78, 5) is 14.5. The molecule has 1 amide bonds. The number of thiocarbonyl (C=S) groups is 1. The maximum Gasteiger partial charge on any atom is 0.257 e. The monoisotopic (exact) mass is 432 g/mol. The number of rotatable bonds is 4. The van der Waals surface area contributed by atoms with Gasteiger partial charge in [-0.05, 0) is 70.3 Å². The van der Waals surface area contributed by atoms with Crippen molar-refractivity contribution in [1.82, 2.24) is 5.32 Å². The first-order valence-corrected chi connectivity index (χ1v) is 9.79. The molecule has 0 spiro atoms. The molecule has 4 nitrogen and oxygen atoms in total. The summed E-state index contributed by atoms with van der Waals surface area (Å²) in [7, 11) is 0. The van der Waals surface area contributed by atoms with Crippen LogP contribution in [0.1, 0.15) is 29.8 Å². The second kappa shape index (κ2) is 8.18. The van der Waals surface area contributed by atoms with Crippen LogP contribution in [0, 0.1) is 5.92 Å². The van der Waals surface area contributed by atoms with Gasteiger partial charge in [0.1, 0.15) is 5.75 Å². The SMILES string of the molecule is CC(C)COc1ccc(C(=O)NC(=S)N2CCc3ccccc32)cc1Br. The third-order valence-electron chi connectivity index (χ3n) is 4.12. The molecule has 0 saturated heterocycles. The standard InChI is InChI=1S/C20H21BrN2O2S/c1-13(2)12-25-18-8-7-15(11-16(18)21)19(24)22-20(26)23-10-9-14-5-3-4-6-17(14)23/h3-8,11,13H,9-10,12H2,1-2H3,(H,22,24,26). The number of amides is 1. The average molecular weight is 433 g/mol. The van der Waals surface area contributed by atoms with Crippen molar-refractivity contribution >= 4 is 44.9 Å². The number of hydrogen-bond donors (Lipinski definition) is 1. The molecule has 6 heteroatoms. The Balaban J connectivity index is 1.67. The summed E-state index contributed by atoms with van der Waals surface area (Å²) in [6.07, 6.45) is 0.930. The summed E-state index contributed by atoms with van der Waals surface area (Å²) in [6, 6.07) is 13.4. The molecule has 0 aromatic heterocycles. The van der Waals surface area contributed by atoms with Crippen LogP contribution in [0.25, 0.3) is 0 Å². The molecule has 1 N–H and O–H groups in total. The van der Waals surface area contributed by atoms with Gasteiger partial charge in [-0.2, -0.15) is 0 Å². The first-order valence-electron chi connectivity index (χ1n) is 8.59. The number of hydrogen-bond acceptors (Lipinski definition) is 3. The molecule has 0 bridgehead atoms. The Morgan fingerprint density at radius 1 is 1.31 bits per heavy atom. The fourth-order valence-corrected chi connectivity index (χ4v) is 3.58. The van der Waals surface area contributed by atoms with E-state index in [-0.39, 0.29) is 5.91 Å². The van der Waals surface area contributed by atoms with Gasteiger partial charge in [0, 0.05) is 17.8 Å². The molecule has 0 atom stereocenters. The number of carbonyl (C=O) groups excluding carboxylic acids is 1. The maximum atomic E-state index is 12.6. The van der Waals surface area contributed by atoms with E-state index >= 15 is 0 Å². The molecule has 1 heterocycles. The molecule has 136 valence electrons. The van der Waals surface area contributed by atoms with Crippen LogP contribution in [0.3, 0.4) is 0 Å². The predicted molar refractivity (Wildman–Crippen MR) is 112 cm³/mol. The van der Waals surface area contributed by atoms with E-state index in [0.717, 1.165) is 28.9 Å². The van der Waals surface area contributed by atoms with Gasteiger partial charge in [-0.3, -0.25) is 10.1 Å². The van der Waals surface area contributed by atoms with E-state index in [1.54, 1.807) is 18.2 Å². The normalized spacial score (nSPS) is 12.8. The Labute approximate surface area is 167 Å². The van der Waals surface area contributed by atoms with Crippen molar-refractivity contribution in [2.24, 2.45) is 5.92 Å². The molecule has 1 aliphatic rings. The molecule has 26 heavy (non-hydrogen) atoms. The van der Waals surface area contributed by atoms with Crippen molar-refractivity contribution in [3.63, 3.8) is 0 Å². The van der Waals surface area contributed by atoms with Crippen LogP contribution in [0.2, 0.25) is 0 Å². The highest BCUT2D eigenvalue weighted by Crippen LogP contribution is 2.28. The fraction of sp³-hybridized carbons (Fsp3) is 0.300. The van der Waals surface area contributed by atoms with Crippen LogP contribution < -0.4 is 15.0 Å². The highest BCUT2D eigenvalue weighted by molar-refractivity contribution is 9.10. The van der Waals surface area contributed by atoms with Crippen molar-refractivity contribution in [3.8, 4) is 5.75 Å². The summed E-state index contributed by atoms with van der Waals surface area (Å²) in [5, 5.41) is 3.26. The number of nitrogens with zero attached hydrogens (tertiary/aromatic N) is 1. The quantitative estimate of drug-likeness (QED) is 0.718. The molecule has 2 aromatic rings. The van der Waals surface area contributed by atoms with Gasteiger partial charge in [0.05, 0.1) is 11.1 Å². The topological polar surface area (TPSA) is 41.6 Å². The first-order chi connectivity index (χ1) is 12.5. The number of fused-ring (bicyclic) bond motifs is 1. The number of ether oxygens (including phenoxy) is 1. The second-order valence-electron chi connectivity index (χ2n) is 6.64. The lowest BCUT2D eigenvalue weighted by molar-refractivity contribution is 0.0977. The van der Waals surface area contributed by atoms with Crippen LogP contribution in [0.4, 0.5) is 5.69 Å². The van der Waals surface area contributed by atoms with Crippen molar-refractivity contribution in [2.45, 2.75) is 20.3 Å². The lowest BCUT2D eigenvalue weighted by Crippen LogP contribution is -2.41. The molecule has 0 radical (unpaired) electrons. The van der Waals surface area contributed by atoms with Gasteiger partial charge in [-0.25, -0.2) is 0 Å². The molecular formula is C20H21BrN2O2S. The zero-order valence-electron chi connectivity index (χ0n) is 14.8. The highest BCUT2D eigenvalue weighted by Gasteiger charge is 2.23. The highest BCUT2D eigenvalue weighted by atomic mass is 79.9. The molecule has 3 rings (SSSR count). The van der Waals surface area contributed by atoms with Gasteiger partial charge in [-0.1, -0.05) is 32.0 Å². The van der Waals surface area contributed by atoms with Gasteiger partial charge < -0.3 is 9.64 Å². The zero-order valence-corrected chi connectivity index (χ0v) is 17.2. The summed E-state index contributed by atoms with van der Waals surface area (Å²) in [5.74, 6) is 0.937. The van der Waals surface area contributed by atoms with E-state index in [4.69, 9.17) is 17.0 Å². The van der Waals surface area contributed by atoms with E-state index in [1.807, 2.05) is 23.1 Å². The largest absolute Gasteiger partial charge is 0.492 e. The van der Waals surface area contributed by atoms with Crippen molar-refractivity contribution < 1.29 is 9.53 Å². The van der Waals surface area contributed by atoms with Crippen molar-refractivity contribution in [1.29, 1.82) is 0 Å². The van der Waals surface area contributed by atoms with Crippen LogP contribution in [-0.2, 0) is 6.42 Å². The molecule has 2 aromatic carbocycles. The van der Waals surface area contributed by atoms with E-state index in [1.165, 1.54) is 5.56 Å². The third kappa shape index (κ3) is 4.24. The van der Waals surface area contributed by atoms with Crippen molar-refractivity contribution in [3.05, 3.63) is 58.1 Å². The molecular weight excluding hydrogens is 412 g/mol. The van der Waals surface area contributed by atoms with Crippen LogP contribution >= 0.6 is 28.1 Å². The minimum absolute atomic E-state index is 0.226. The Kier molecular flexibility index (Phi) is 5.94. The Morgan fingerprint density at radius 3 is 2.81 bits per heavy atom. The van der Waals surface area contributed by atoms with Crippen LogP contribution in [-0.4, -0.2) is 24.2 Å². The summed E-state index contributed by atoms with van der Waals surface area (Å²) in [5.41, 5.74) is 2.85. The average Bonchev–Trinajstić information content (AvgIpc) is 3.04. The summed E-state index contributed by atoms with van der Waals surface area (Å²) >= 11 is 8.92. The first kappa shape index (κ1) is 18.9. The number of nitrogens with one attached hydrogen (secondary N) is 1.